The van der Waals surface area contributed by atoms with E-state index in [9.17, 15) is 4.79 Å². The summed E-state index contributed by atoms with van der Waals surface area (Å²) in [5, 5.41) is 7.39. The number of carbonyl (C=O) groups excluding carboxylic acids is 1. The fourth-order valence-corrected chi connectivity index (χ4v) is 4.25. The van der Waals surface area contributed by atoms with Crippen molar-refractivity contribution in [3.05, 3.63) is 71.2 Å². The summed E-state index contributed by atoms with van der Waals surface area (Å²) in [6.07, 6.45) is 3.97. The second-order valence-corrected chi connectivity index (χ2v) is 8.83. The zero-order valence-corrected chi connectivity index (χ0v) is 19.7. The lowest BCUT2D eigenvalue weighted by Crippen LogP contribution is -2.46. The van der Waals surface area contributed by atoms with E-state index in [1.165, 1.54) is 10.5 Å². The molecular formula is C25H28N4O2S. The first-order chi connectivity index (χ1) is 15.5. The number of hydrogen-bond acceptors (Lipinski definition) is 5. The van der Waals surface area contributed by atoms with Crippen molar-refractivity contribution >= 4 is 23.4 Å². The van der Waals surface area contributed by atoms with Gasteiger partial charge in [0.25, 0.3) is 5.89 Å². The highest BCUT2D eigenvalue weighted by molar-refractivity contribution is 7.98. The van der Waals surface area contributed by atoms with Crippen LogP contribution < -0.4 is 5.32 Å². The van der Waals surface area contributed by atoms with Gasteiger partial charge < -0.3 is 9.84 Å². The van der Waals surface area contributed by atoms with Gasteiger partial charge in [-0.05, 0) is 44.2 Å². The SMILES string of the molecule is CCCCN1C(=O)NC(c2ccc(SC)cc2)C(c2nc(-c3ccc(C)cc3)no2)=C1C. The van der Waals surface area contributed by atoms with Crippen molar-refractivity contribution in [2.45, 2.75) is 44.6 Å². The quantitative estimate of drug-likeness (QED) is 0.445. The molecule has 2 aromatic carbocycles. The Bertz CT molecular complexity index is 1120. The molecule has 2 heterocycles. The van der Waals surface area contributed by atoms with Crippen LogP contribution in [0, 0.1) is 6.92 Å². The molecular weight excluding hydrogens is 420 g/mol. The Labute approximate surface area is 193 Å². The summed E-state index contributed by atoms with van der Waals surface area (Å²) in [4.78, 5) is 20.6. The highest BCUT2D eigenvalue weighted by atomic mass is 32.2. The number of carbonyl (C=O) groups is 1. The number of hydrogen-bond donors (Lipinski definition) is 1. The van der Waals surface area contributed by atoms with Gasteiger partial charge in [-0.25, -0.2) is 4.79 Å². The van der Waals surface area contributed by atoms with Crippen LogP contribution in [0.1, 0.15) is 49.7 Å². The van der Waals surface area contributed by atoms with Crippen molar-refractivity contribution in [3.8, 4) is 11.4 Å². The summed E-state index contributed by atoms with van der Waals surface area (Å²) in [6.45, 7) is 6.77. The molecule has 0 spiro atoms. The van der Waals surface area contributed by atoms with E-state index in [1.54, 1.807) is 16.7 Å². The number of allylic oxidation sites excluding steroid dienone is 1. The van der Waals surface area contributed by atoms with Gasteiger partial charge in [0.2, 0.25) is 5.82 Å². The maximum Gasteiger partial charge on any atom is 0.322 e. The molecule has 0 saturated heterocycles. The Morgan fingerprint density at radius 1 is 1.09 bits per heavy atom. The van der Waals surface area contributed by atoms with Gasteiger partial charge in [0.05, 0.1) is 11.6 Å². The van der Waals surface area contributed by atoms with E-state index < -0.39 is 0 Å². The summed E-state index contributed by atoms with van der Waals surface area (Å²) >= 11 is 1.69. The lowest BCUT2D eigenvalue weighted by atomic mass is 9.94. The molecule has 0 radical (unpaired) electrons. The van der Waals surface area contributed by atoms with Crippen molar-refractivity contribution in [2.75, 3.05) is 12.8 Å². The predicted molar refractivity (Wildman–Crippen MR) is 128 cm³/mol. The van der Waals surface area contributed by atoms with Crippen LogP contribution >= 0.6 is 11.8 Å². The molecule has 2 amide bonds. The monoisotopic (exact) mass is 448 g/mol. The minimum atomic E-state index is -0.359. The smallest absolute Gasteiger partial charge is 0.322 e. The second-order valence-electron chi connectivity index (χ2n) is 7.95. The maximum absolute atomic E-state index is 13.0. The molecule has 3 aromatic rings. The molecule has 0 saturated carbocycles. The van der Waals surface area contributed by atoms with E-state index in [-0.39, 0.29) is 12.1 Å². The topological polar surface area (TPSA) is 71.3 Å². The molecule has 166 valence electrons. The Morgan fingerprint density at radius 3 is 2.47 bits per heavy atom. The third-order valence-corrected chi connectivity index (χ3v) is 6.49. The van der Waals surface area contributed by atoms with Crippen molar-refractivity contribution in [1.29, 1.82) is 0 Å². The van der Waals surface area contributed by atoms with Crippen LogP contribution in [0.4, 0.5) is 4.79 Å². The Morgan fingerprint density at radius 2 is 1.81 bits per heavy atom. The average molecular weight is 449 g/mol. The zero-order chi connectivity index (χ0) is 22.7. The van der Waals surface area contributed by atoms with Gasteiger partial charge in [-0.3, -0.25) is 4.90 Å². The molecule has 1 unspecified atom stereocenters. The number of amides is 2. The van der Waals surface area contributed by atoms with Gasteiger partial charge in [-0.2, -0.15) is 4.98 Å². The number of aromatic nitrogens is 2. The van der Waals surface area contributed by atoms with E-state index in [2.05, 4.69) is 29.5 Å². The van der Waals surface area contributed by atoms with Gasteiger partial charge in [-0.1, -0.05) is 60.5 Å². The number of unbranched alkanes of at least 4 members (excludes halogenated alkanes) is 1. The molecule has 0 bridgehead atoms. The lowest BCUT2D eigenvalue weighted by molar-refractivity contribution is 0.204. The highest BCUT2D eigenvalue weighted by Crippen LogP contribution is 2.37. The van der Waals surface area contributed by atoms with E-state index in [0.717, 1.165) is 35.2 Å². The van der Waals surface area contributed by atoms with E-state index in [1.807, 2.05) is 56.5 Å². The van der Waals surface area contributed by atoms with Gasteiger partial charge in [0.1, 0.15) is 0 Å². The van der Waals surface area contributed by atoms with Gasteiger partial charge in [0.15, 0.2) is 0 Å². The third-order valence-electron chi connectivity index (χ3n) is 5.75. The van der Waals surface area contributed by atoms with Crippen molar-refractivity contribution in [2.24, 2.45) is 0 Å². The van der Waals surface area contributed by atoms with Crippen LogP contribution in [0.25, 0.3) is 17.0 Å². The largest absolute Gasteiger partial charge is 0.334 e. The number of nitrogens with one attached hydrogen (secondary N) is 1. The molecule has 1 aromatic heterocycles. The summed E-state index contributed by atoms with van der Waals surface area (Å²) in [6, 6.07) is 15.8. The van der Waals surface area contributed by atoms with E-state index in [0.29, 0.717) is 18.3 Å². The Hall–Kier alpha value is -3.06. The fraction of sp³-hybridized carbons (Fsp3) is 0.320. The third kappa shape index (κ3) is 4.43. The summed E-state index contributed by atoms with van der Waals surface area (Å²) in [5.41, 5.74) is 4.73. The van der Waals surface area contributed by atoms with E-state index in [4.69, 9.17) is 9.51 Å². The van der Waals surface area contributed by atoms with Crippen LogP contribution in [-0.2, 0) is 0 Å². The van der Waals surface area contributed by atoms with Crippen molar-refractivity contribution in [1.82, 2.24) is 20.4 Å². The van der Waals surface area contributed by atoms with Crippen LogP contribution in [-0.4, -0.2) is 33.9 Å². The summed E-state index contributed by atoms with van der Waals surface area (Å²) < 4.78 is 5.74. The number of aryl methyl sites for hydroxylation is 1. The first kappa shape index (κ1) is 22.1. The Balaban J connectivity index is 1.77. The minimum Gasteiger partial charge on any atom is -0.334 e. The van der Waals surface area contributed by atoms with Crippen molar-refractivity contribution < 1.29 is 9.32 Å². The van der Waals surface area contributed by atoms with Gasteiger partial charge in [-0.15, -0.1) is 11.8 Å². The molecule has 6 nitrogen and oxygen atoms in total. The van der Waals surface area contributed by atoms with Gasteiger partial charge in [0, 0.05) is 22.7 Å². The molecule has 32 heavy (non-hydrogen) atoms. The zero-order valence-electron chi connectivity index (χ0n) is 18.9. The molecule has 7 heteroatoms. The molecule has 0 aliphatic carbocycles. The first-order valence-corrected chi connectivity index (χ1v) is 12.1. The minimum absolute atomic E-state index is 0.100. The number of benzene rings is 2. The molecule has 1 aliphatic heterocycles. The van der Waals surface area contributed by atoms with Gasteiger partial charge >= 0.3 is 6.03 Å². The summed E-state index contributed by atoms with van der Waals surface area (Å²) in [7, 11) is 0. The standard InChI is InChI=1S/C25H28N4O2S/c1-5-6-15-29-17(3)21(22(26-25(29)30)18-11-13-20(32-4)14-12-18)24-27-23(28-31-24)19-9-7-16(2)8-10-19/h7-14,22H,5-6,15H2,1-4H3,(H,26,30). The van der Waals surface area contributed by atoms with Crippen LogP contribution in [0.15, 0.2) is 63.6 Å². The molecule has 1 aliphatic rings. The normalized spacial score (nSPS) is 16.4. The molecule has 1 atom stereocenters. The molecule has 4 rings (SSSR count). The molecule has 1 N–H and O–H groups in total. The lowest BCUT2D eigenvalue weighted by Gasteiger charge is -2.35. The van der Waals surface area contributed by atoms with E-state index >= 15 is 0 Å². The summed E-state index contributed by atoms with van der Waals surface area (Å²) in [5.74, 6) is 0.965. The highest BCUT2D eigenvalue weighted by Gasteiger charge is 2.35. The van der Waals surface area contributed by atoms with Crippen LogP contribution in [0.3, 0.4) is 0 Å². The fourth-order valence-electron chi connectivity index (χ4n) is 3.84. The number of urea groups is 1. The number of nitrogens with zero attached hydrogens (tertiary/aromatic N) is 3. The number of rotatable bonds is 7. The second kappa shape index (κ2) is 9.61. The van der Waals surface area contributed by atoms with Crippen molar-refractivity contribution in [3.63, 3.8) is 0 Å². The van der Waals surface area contributed by atoms with Crippen LogP contribution in [0.2, 0.25) is 0 Å². The predicted octanol–water partition coefficient (Wildman–Crippen LogP) is 6.06. The number of thioether (sulfide) groups is 1. The maximum atomic E-state index is 13.0. The first-order valence-electron chi connectivity index (χ1n) is 10.9. The Kier molecular flexibility index (Phi) is 6.65. The van der Waals surface area contributed by atoms with Crippen LogP contribution in [0.5, 0.6) is 0 Å². The average Bonchev–Trinajstić information content (AvgIpc) is 3.29. The molecule has 0 fully saturated rings.